The number of amides is 1. The molecule has 160 valence electrons. The van der Waals surface area contributed by atoms with Gasteiger partial charge in [0.25, 0.3) is 5.91 Å². The third-order valence-corrected chi connectivity index (χ3v) is 7.52. The van der Waals surface area contributed by atoms with Crippen LogP contribution in [0.2, 0.25) is 5.02 Å². The van der Waals surface area contributed by atoms with Gasteiger partial charge in [-0.25, -0.2) is 8.42 Å². The molecule has 0 saturated carbocycles. The van der Waals surface area contributed by atoms with E-state index in [4.69, 9.17) is 16.3 Å². The van der Waals surface area contributed by atoms with Crippen molar-refractivity contribution in [3.8, 4) is 0 Å². The summed E-state index contributed by atoms with van der Waals surface area (Å²) in [5.41, 5.74) is 1.77. The zero-order valence-electron chi connectivity index (χ0n) is 16.5. The lowest BCUT2D eigenvalue weighted by Crippen LogP contribution is -2.40. The molecule has 0 radical (unpaired) electrons. The van der Waals surface area contributed by atoms with Crippen LogP contribution in [0.15, 0.2) is 47.4 Å². The van der Waals surface area contributed by atoms with Crippen LogP contribution in [0.25, 0.3) is 0 Å². The lowest BCUT2D eigenvalue weighted by atomic mass is 10.2. The second-order valence-corrected chi connectivity index (χ2v) is 9.72. The summed E-state index contributed by atoms with van der Waals surface area (Å²) in [6, 6.07) is 11.6. The van der Waals surface area contributed by atoms with Gasteiger partial charge in [-0.3, -0.25) is 4.79 Å². The standard InChI is InChI=1S/C21H24ClN3O4S/c22-17-5-3-16(4-6-17)21(26)23-19-15-18(7-8-20(19)24-9-1-2-10-24)30(27,28)25-11-13-29-14-12-25/h3-8,15H,1-2,9-14H2,(H,23,26). The molecule has 2 aliphatic heterocycles. The van der Waals surface area contributed by atoms with Crippen LogP contribution in [-0.2, 0) is 14.8 Å². The van der Waals surface area contributed by atoms with Crippen molar-refractivity contribution in [3.05, 3.63) is 53.1 Å². The van der Waals surface area contributed by atoms with Crippen molar-refractivity contribution in [2.75, 3.05) is 49.6 Å². The fraction of sp³-hybridized carbons (Fsp3) is 0.381. The number of nitrogens with one attached hydrogen (secondary N) is 1. The Balaban J connectivity index is 1.67. The monoisotopic (exact) mass is 449 g/mol. The van der Waals surface area contributed by atoms with Crippen molar-refractivity contribution >= 4 is 38.9 Å². The number of morpholine rings is 1. The minimum absolute atomic E-state index is 0.166. The first-order valence-corrected chi connectivity index (χ1v) is 11.8. The molecular weight excluding hydrogens is 426 g/mol. The maximum atomic E-state index is 13.1. The zero-order valence-corrected chi connectivity index (χ0v) is 18.1. The van der Waals surface area contributed by atoms with Crippen LogP contribution in [0.3, 0.4) is 0 Å². The van der Waals surface area contributed by atoms with E-state index in [9.17, 15) is 13.2 Å². The van der Waals surface area contributed by atoms with Gasteiger partial charge in [-0.1, -0.05) is 11.6 Å². The molecule has 2 aromatic carbocycles. The summed E-state index contributed by atoms with van der Waals surface area (Å²) in [7, 11) is -3.66. The maximum absolute atomic E-state index is 13.1. The van der Waals surface area contributed by atoms with E-state index in [0.29, 0.717) is 42.6 Å². The van der Waals surface area contributed by atoms with Gasteiger partial charge in [-0.05, 0) is 55.3 Å². The van der Waals surface area contributed by atoms with Gasteiger partial charge in [-0.15, -0.1) is 0 Å². The molecule has 2 fully saturated rings. The van der Waals surface area contributed by atoms with Crippen LogP contribution in [0.1, 0.15) is 23.2 Å². The molecule has 9 heteroatoms. The first-order valence-electron chi connectivity index (χ1n) is 9.99. The van der Waals surface area contributed by atoms with Crippen LogP contribution in [0.5, 0.6) is 0 Å². The van der Waals surface area contributed by atoms with E-state index in [2.05, 4.69) is 10.2 Å². The minimum atomic E-state index is -3.66. The lowest BCUT2D eigenvalue weighted by molar-refractivity contribution is 0.0730. The van der Waals surface area contributed by atoms with Crippen LogP contribution in [0.4, 0.5) is 11.4 Å². The van der Waals surface area contributed by atoms with Gasteiger partial charge >= 0.3 is 0 Å². The van der Waals surface area contributed by atoms with Crippen molar-refractivity contribution in [3.63, 3.8) is 0 Å². The van der Waals surface area contributed by atoms with E-state index in [1.807, 2.05) is 0 Å². The number of carbonyl (C=O) groups excluding carboxylic acids is 1. The average molecular weight is 450 g/mol. The summed E-state index contributed by atoms with van der Waals surface area (Å²) in [6.45, 7) is 3.15. The average Bonchev–Trinajstić information content (AvgIpc) is 3.29. The predicted molar refractivity (Wildman–Crippen MR) is 117 cm³/mol. The first-order chi connectivity index (χ1) is 14.4. The largest absolute Gasteiger partial charge is 0.379 e. The molecule has 4 rings (SSSR count). The Labute approximate surface area is 181 Å². The number of nitrogens with zero attached hydrogens (tertiary/aromatic N) is 2. The number of sulfonamides is 1. The zero-order chi connectivity index (χ0) is 21.1. The summed E-state index contributed by atoms with van der Waals surface area (Å²) >= 11 is 5.91. The van der Waals surface area contributed by atoms with Crippen molar-refractivity contribution in [2.24, 2.45) is 0 Å². The Morgan fingerprint density at radius 2 is 1.63 bits per heavy atom. The quantitative estimate of drug-likeness (QED) is 0.758. The van der Waals surface area contributed by atoms with Crippen LogP contribution in [0, 0.1) is 0 Å². The molecule has 2 saturated heterocycles. The van der Waals surface area contributed by atoms with E-state index in [-0.39, 0.29) is 10.8 Å². The van der Waals surface area contributed by atoms with Crippen LogP contribution >= 0.6 is 11.6 Å². The van der Waals surface area contributed by atoms with Crippen LogP contribution in [-0.4, -0.2) is 58.0 Å². The highest BCUT2D eigenvalue weighted by molar-refractivity contribution is 7.89. The van der Waals surface area contributed by atoms with E-state index >= 15 is 0 Å². The number of rotatable bonds is 5. The Morgan fingerprint density at radius 1 is 0.967 bits per heavy atom. The van der Waals surface area contributed by atoms with Gasteiger partial charge in [0.1, 0.15) is 0 Å². The molecule has 2 aliphatic rings. The van der Waals surface area contributed by atoms with Crippen molar-refractivity contribution < 1.29 is 17.9 Å². The van der Waals surface area contributed by atoms with E-state index in [1.165, 1.54) is 4.31 Å². The third-order valence-electron chi connectivity index (χ3n) is 5.38. The van der Waals surface area contributed by atoms with Gasteiger partial charge in [0.15, 0.2) is 0 Å². The van der Waals surface area contributed by atoms with Gasteiger partial charge in [0.05, 0.1) is 29.5 Å². The predicted octanol–water partition coefficient (Wildman–Crippen LogP) is 3.21. The number of ether oxygens (including phenoxy) is 1. The molecule has 1 amide bonds. The van der Waals surface area contributed by atoms with Gasteiger partial charge < -0.3 is 15.0 Å². The Hall–Kier alpha value is -2.13. The number of carbonyl (C=O) groups is 1. The molecule has 0 aliphatic carbocycles. The summed E-state index contributed by atoms with van der Waals surface area (Å²) in [5.74, 6) is -0.312. The third kappa shape index (κ3) is 4.46. The second-order valence-electron chi connectivity index (χ2n) is 7.35. The van der Waals surface area contributed by atoms with E-state index < -0.39 is 10.0 Å². The number of anilines is 2. The van der Waals surface area contributed by atoms with Crippen molar-refractivity contribution in [1.29, 1.82) is 0 Å². The Bertz CT molecular complexity index is 1020. The fourth-order valence-electron chi connectivity index (χ4n) is 3.74. The molecule has 7 nitrogen and oxygen atoms in total. The normalized spacial score (nSPS) is 17.8. The molecule has 0 spiro atoms. The van der Waals surface area contributed by atoms with Crippen molar-refractivity contribution in [2.45, 2.75) is 17.7 Å². The molecule has 1 N–H and O–H groups in total. The summed E-state index contributed by atoms with van der Waals surface area (Å²) < 4.78 is 32.9. The molecule has 2 aromatic rings. The second kappa shape index (κ2) is 8.93. The highest BCUT2D eigenvalue weighted by atomic mass is 35.5. The molecular formula is C21H24ClN3O4S. The molecule has 0 unspecified atom stereocenters. The molecule has 0 bridgehead atoms. The lowest BCUT2D eigenvalue weighted by Gasteiger charge is -2.27. The number of hydrogen-bond donors (Lipinski definition) is 1. The van der Waals surface area contributed by atoms with E-state index in [1.54, 1.807) is 42.5 Å². The smallest absolute Gasteiger partial charge is 0.255 e. The highest BCUT2D eigenvalue weighted by Gasteiger charge is 2.28. The van der Waals surface area contributed by atoms with Gasteiger partial charge in [0, 0.05) is 36.8 Å². The topological polar surface area (TPSA) is 79.0 Å². The number of hydrogen-bond acceptors (Lipinski definition) is 5. The molecule has 0 aromatic heterocycles. The number of benzene rings is 2. The van der Waals surface area contributed by atoms with Crippen molar-refractivity contribution in [1.82, 2.24) is 4.31 Å². The fourth-order valence-corrected chi connectivity index (χ4v) is 5.30. The molecule has 2 heterocycles. The number of halogens is 1. The SMILES string of the molecule is O=C(Nc1cc(S(=O)(=O)N2CCOCC2)ccc1N1CCCC1)c1ccc(Cl)cc1. The molecule has 30 heavy (non-hydrogen) atoms. The molecule has 0 atom stereocenters. The Morgan fingerprint density at radius 3 is 2.30 bits per heavy atom. The highest BCUT2D eigenvalue weighted by Crippen LogP contribution is 2.33. The van der Waals surface area contributed by atoms with Gasteiger partial charge in [0.2, 0.25) is 10.0 Å². The van der Waals surface area contributed by atoms with E-state index in [0.717, 1.165) is 31.6 Å². The Kier molecular flexibility index (Phi) is 6.29. The van der Waals surface area contributed by atoms with Gasteiger partial charge in [-0.2, -0.15) is 4.31 Å². The minimum Gasteiger partial charge on any atom is -0.379 e. The van der Waals surface area contributed by atoms with Crippen LogP contribution < -0.4 is 10.2 Å². The summed E-state index contributed by atoms with van der Waals surface area (Å²) in [6.07, 6.45) is 2.14. The summed E-state index contributed by atoms with van der Waals surface area (Å²) in [5, 5.41) is 3.45. The first kappa shape index (κ1) is 21.1. The maximum Gasteiger partial charge on any atom is 0.255 e. The summed E-state index contributed by atoms with van der Waals surface area (Å²) in [4.78, 5) is 15.1.